The van der Waals surface area contributed by atoms with Crippen LogP contribution in [0.25, 0.3) is 33.2 Å². The van der Waals surface area contributed by atoms with Gasteiger partial charge in [0.2, 0.25) is 0 Å². The van der Waals surface area contributed by atoms with Gasteiger partial charge in [0.1, 0.15) is 23.1 Å². The summed E-state index contributed by atoms with van der Waals surface area (Å²) in [6, 6.07) is 29.7. The minimum atomic E-state index is -1.09. The van der Waals surface area contributed by atoms with Gasteiger partial charge in [-0.3, -0.25) is 14.9 Å². The van der Waals surface area contributed by atoms with Gasteiger partial charge in [0.05, 0.1) is 4.92 Å². The van der Waals surface area contributed by atoms with Gasteiger partial charge in [-0.05, 0) is 41.3 Å². The number of carboxylic acid groups (broad SMARTS) is 1. The molecule has 0 bridgehead atoms. The lowest BCUT2D eigenvalue weighted by molar-refractivity contribution is -0.383. The molecule has 0 aliphatic rings. The van der Waals surface area contributed by atoms with Crippen LogP contribution >= 0.6 is 0 Å². The predicted molar refractivity (Wildman–Crippen MR) is 144 cm³/mol. The van der Waals surface area contributed by atoms with Crippen LogP contribution in [0, 0.1) is 10.1 Å². The second-order valence-corrected chi connectivity index (χ2v) is 8.83. The molecule has 0 aliphatic heterocycles. The van der Waals surface area contributed by atoms with Gasteiger partial charge < -0.3 is 14.8 Å². The zero-order chi connectivity index (χ0) is 25.9. The van der Waals surface area contributed by atoms with E-state index < -0.39 is 16.9 Å². The highest BCUT2D eigenvalue weighted by Crippen LogP contribution is 2.38. The van der Waals surface area contributed by atoms with Crippen molar-refractivity contribution >= 4 is 28.3 Å². The van der Waals surface area contributed by atoms with Crippen molar-refractivity contribution < 1.29 is 19.2 Å². The molecule has 0 saturated carbocycles. The molecule has 184 valence electrons. The second-order valence-electron chi connectivity index (χ2n) is 8.83. The Morgan fingerprint density at radius 1 is 0.919 bits per heavy atom. The van der Waals surface area contributed by atoms with Gasteiger partial charge in [-0.15, -0.1) is 0 Å². The Hall–Kier alpha value is -4.91. The highest BCUT2D eigenvalue weighted by Gasteiger charge is 2.20. The molecule has 7 nitrogen and oxygen atoms in total. The number of rotatable bonds is 8. The number of benzene rings is 4. The van der Waals surface area contributed by atoms with Crippen molar-refractivity contribution in [1.29, 1.82) is 0 Å². The topological polar surface area (TPSA) is 106 Å². The number of furan rings is 1. The van der Waals surface area contributed by atoms with E-state index in [2.05, 4.69) is 17.4 Å². The maximum Gasteiger partial charge on any atom is 0.325 e. The van der Waals surface area contributed by atoms with Gasteiger partial charge in [-0.25, -0.2) is 0 Å². The molecule has 0 fully saturated rings. The van der Waals surface area contributed by atoms with Crippen molar-refractivity contribution in [3.8, 4) is 22.3 Å². The number of anilines is 1. The molecule has 0 saturated heterocycles. The molecule has 2 N–H and O–H groups in total. The summed E-state index contributed by atoms with van der Waals surface area (Å²) in [7, 11) is 0. The summed E-state index contributed by atoms with van der Waals surface area (Å²) in [5.74, 6) is -0.217. The molecule has 37 heavy (non-hydrogen) atoms. The number of para-hydroxylation sites is 1. The minimum absolute atomic E-state index is 0.163. The Balaban J connectivity index is 1.51. The molecule has 0 spiro atoms. The van der Waals surface area contributed by atoms with E-state index in [4.69, 9.17) is 9.52 Å². The van der Waals surface area contributed by atoms with Crippen molar-refractivity contribution in [2.24, 2.45) is 0 Å². The van der Waals surface area contributed by atoms with E-state index in [1.54, 1.807) is 12.1 Å². The largest absolute Gasteiger partial charge is 0.480 e. The Kier molecular flexibility index (Phi) is 6.43. The number of nitro benzene ring substituents is 1. The van der Waals surface area contributed by atoms with E-state index in [1.807, 2.05) is 66.7 Å². The standard InChI is InChI=1S/C30H24N2O5/c1-19(30(33)34)31-25-16-15-23(18-26(25)32(35)36)21-11-13-22(14-12-21)29-24-9-5-6-10-27(24)37-28(29)17-20-7-3-2-4-8-20/h2-16,18-19,31H,17H2,1H3,(H,33,34). The lowest BCUT2D eigenvalue weighted by atomic mass is 9.96. The van der Waals surface area contributed by atoms with Crippen LogP contribution in [0.15, 0.2) is 101 Å². The smallest absolute Gasteiger partial charge is 0.325 e. The Morgan fingerprint density at radius 3 is 2.27 bits per heavy atom. The summed E-state index contributed by atoms with van der Waals surface area (Å²) in [5.41, 5.74) is 5.44. The van der Waals surface area contributed by atoms with Crippen LogP contribution in [0.2, 0.25) is 0 Å². The van der Waals surface area contributed by atoms with Gasteiger partial charge in [-0.2, -0.15) is 0 Å². The SMILES string of the molecule is CC(Nc1ccc(-c2ccc(-c3c(Cc4ccccc4)oc4ccccc34)cc2)cc1[N+](=O)[O-])C(=O)O. The van der Waals surface area contributed by atoms with Crippen LogP contribution in [0.5, 0.6) is 0 Å². The molecule has 1 aromatic heterocycles. The van der Waals surface area contributed by atoms with Crippen LogP contribution in [-0.2, 0) is 11.2 Å². The number of aliphatic carboxylic acids is 1. The summed E-state index contributed by atoms with van der Waals surface area (Å²) in [5, 5.41) is 24.5. The molecule has 5 aromatic rings. The maximum absolute atomic E-state index is 11.7. The Bertz CT molecular complexity index is 1590. The monoisotopic (exact) mass is 492 g/mol. The van der Waals surface area contributed by atoms with Crippen LogP contribution < -0.4 is 5.32 Å². The third-order valence-electron chi connectivity index (χ3n) is 6.32. The number of hydrogen-bond acceptors (Lipinski definition) is 5. The van der Waals surface area contributed by atoms with Crippen molar-refractivity contribution in [2.75, 3.05) is 5.32 Å². The summed E-state index contributed by atoms with van der Waals surface area (Å²) in [6.45, 7) is 1.43. The van der Waals surface area contributed by atoms with E-state index in [0.29, 0.717) is 12.0 Å². The Morgan fingerprint density at radius 2 is 1.57 bits per heavy atom. The maximum atomic E-state index is 11.7. The van der Waals surface area contributed by atoms with E-state index in [0.717, 1.165) is 39.0 Å². The molecule has 1 heterocycles. The lowest BCUT2D eigenvalue weighted by Crippen LogP contribution is -2.25. The fraction of sp³-hybridized carbons (Fsp3) is 0.100. The molecule has 0 radical (unpaired) electrons. The number of nitrogens with zero attached hydrogens (tertiary/aromatic N) is 1. The molecular weight excluding hydrogens is 468 g/mol. The van der Waals surface area contributed by atoms with Crippen LogP contribution in [0.4, 0.5) is 11.4 Å². The summed E-state index contributed by atoms with van der Waals surface area (Å²) in [6.07, 6.45) is 0.655. The fourth-order valence-electron chi connectivity index (χ4n) is 4.43. The average molecular weight is 493 g/mol. The van der Waals surface area contributed by atoms with Gasteiger partial charge in [-0.1, -0.05) is 78.9 Å². The number of nitro groups is 1. The van der Waals surface area contributed by atoms with Gasteiger partial charge in [0.25, 0.3) is 5.69 Å². The third-order valence-corrected chi connectivity index (χ3v) is 6.32. The number of carbonyl (C=O) groups is 1. The average Bonchev–Trinajstić information content (AvgIpc) is 3.27. The van der Waals surface area contributed by atoms with E-state index in [-0.39, 0.29) is 11.4 Å². The van der Waals surface area contributed by atoms with Crippen molar-refractivity contribution in [1.82, 2.24) is 0 Å². The normalized spacial score (nSPS) is 11.8. The van der Waals surface area contributed by atoms with E-state index >= 15 is 0 Å². The van der Waals surface area contributed by atoms with Gasteiger partial charge >= 0.3 is 5.97 Å². The minimum Gasteiger partial charge on any atom is -0.480 e. The Labute approximate surface area is 213 Å². The summed E-state index contributed by atoms with van der Waals surface area (Å²) >= 11 is 0. The summed E-state index contributed by atoms with van der Waals surface area (Å²) in [4.78, 5) is 22.3. The third kappa shape index (κ3) is 4.92. The quantitative estimate of drug-likeness (QED) is 0.176. The molecule has 0 amide bonds. The van der Waals surface area contributed by atoms with Crippen LogP contribution in [-0.4, -0.2) is 22.0 Å². The van der Waals surface area contributed by atoms with E-state index in [1.165, 1.54) is 13.0 Å². The first kappa shape index (κ1) is 23.8. The predicted octanol–water partition coefficient (Wildman–Crippen LogP) is 7.15. The first-order chi connectivity index (χ1) is 17.9. The number of hydrogen-bond donors (Lipinski definition) is 2. The first-order valence-electron chi connectivity index (χ1n) is 11.8. The van der Waals surface area contributed by atoms with Gasteiger partial charge in [0, 0.05) is 23.4 Å². The van der Waals surface area contributed by atoms with Crippen LogP contribution in [0.1, 0.15) is 18.2 Å². The molecule has 1 unspecified atom stereocenters. The molecule has 7 heteroatoms. The molecule has 1 atom stereocenters. The highest BCUT2D eigenvalue weighted by atomic mass is 16.6. The van der Waals surface area contributed by atoms with Crippen molar-refractivity contribution in [2.45, 2.75) is 19.4 Å². The zero-order valence-electron chi connectivity index (χ0n) is 20.0. The molecule has 4 aromatic carbocycles. The number of carboxylic acids is 1. The zero-order valence-corrected chi connectivity index (χ0v) is 20.0. The molecule has 5 rings (SSSR count). The fourth-order valence-corrected chi connectivity index (χ4v) is 4.43. The van der Waals surface area contributed by atoms with Crippen molar-refractivity contribution in [3.05, 3.63) is 118 Å². The lowest BCUT2D eigenvalue weighted by Gasteiger charge is -2.12. The number of nitrogens with one attached hydrogen (secondary N) is 1. The van der Waals surface area contributed by atoms with E-state index in [9.17, 15) is 14.9 Å². The number of fused-ring (bicyclic) bond motifs is 1. The molecular formula is C30H24N2O5. The van der Waals surface area contributed by atoms with Gasteiger partial charge in [0.15, 0.2) is 0 Å². The summed E-state index contributed by atoms with van der Waals surface area (Å²) < 4.78 is 6.25. The van der Waals surface area contributed by atoms with Crippen LogP contribution in [0.3, 0.4) is 0 Å². The second kappa shape index (κ2) is 9.99. The first-order valence-corrected chi connectivity index (χ1v) is 11.8. The highest BCUT2D eigenvalue weighted by molar-refractivity contribution is 5.96. The molecule has 0 aliphatic carbocycles. The van der Waals surface area contributed by atoms with Crippen molar-refractivity contribution in [3.63, 3.8) is 0 Å².